The molecule has 1 aliphatic rings. The third-order valence-electron chi connectivity index (χ3n) is 16.2. The molecule has 7 rings (SSSR count). The highest BCUT2D eigenvalue weighted by molar-refractivity contribution is 7.80. The van der Waals surface area contributed by atoms with Crippen LogP contribution in [0.1, 0.15) is 211 Å². The van der Waals surface area contributed by atoms with Crippen LogP contribution in [0.25, 0.3) is 11.1 Å². The Labute approximate surface area is 509 Å². The summed E-state index contributed by atoms with van der Waals surface area (Å²) in [5.74, 6) is 5.17. The van der Waals surface area contributed by atoms with Gasteiger partial charge in [0, 0.05) is 55.6 Å². The van der Waals surface area contributed by atoms with Gasteiger partial charge in [0.1, 0.15) is 23.0 Å². The van der Waals surface area contributed by atoms with E-state index in [0.717, 1.165) is 110 Å². The van der Waals surface area contributed by atoms with Crippen LogP contribution in [0.3, 0.4) is 0 Å². The van der Waals surface area contributed by atoms with Crippen LogP contribution in [-0.4, -0.2) is 47.4 Å². The van der Waals surface area contributed by atoms with Crippen molar-refractivity contribution < 1.29 is 38.3 Å². The lowest BCUT2D eigenvalue weighted by Gasteiger charge is -2.35. The molecular weight excluding hydrogens is 1080 g/mol. The normalized spacial score (nSPS) is 13.7. The monoisotopic (exact) mass is 1180 g/mol. The molecule has 0 spiro atoms. The molecule has 6 aromatic carbocycles. The van der Waals surface area contributed by atoms with Crippen molar-refractivity contribution in [3.8, 4) is 57.1 Å². The number of hydrogen-bond acceptors (Lipinski definition) is 8. The van der Waals surface area contributed by atoms with Gasteiger partial charge >= 0.3 is 0 Å². The van der Waals surface area contributed by atoms with E-state index in [1.54, 1.807) is 35.5 Å². The number of fused-ring (bicyclic) bond motifs is 1. The summed E-state index contributed by atoms with van der Waals surface area (Å²) < 4.78 is 46.1. The molecule has 0 bridgehead atoms. The summed E-state index contributed by atoms with van der Waals surface area (Å²) in [5, 5.41) is 19.2. The van der Waals surface area contributed by atoms with Crippen molar-refractivity contribution in [3.63, 3.8) is 0 Å². The van der Waals surface area contributed by atoms with E-state index in [1.807, 2.05) is 6.07 Å². The second-order valence-corrected chi connectivity index (χ2v) is 35.5. The average molecular weight is 1180 g/mol. The molecule has 6 aromatic rings. The number of ether oxygens (including phenoxy) is 7. The van der Waals surface area contributed by atoms with Crippen LogP contribution in [0.4, 0.5) is 0 Å². The van der Waals surface area contributed by atoms with Gasteiger partial charge in [0.15, 0.2) is 23.0 Å². The largest absolute Gasteiger partial charge is 0.504 e. The van der Waals surface area contributed by atoms with Crippen LogP contribution in [0.15, 0.2) is 72.8 Å². The first kappa shape index (κ1) is 66.1. The van der Waals surface area contributed by atoms with Gasteiger partial charge in [-0.1, -0.05) is 166 Å². The molecule has 0 aromatic heterocycles. The van der Waals surface area contributed by atoms with Crippen LogP contribution in [0.2, 0.25) is 0 Å². The van der Waals surface area contributed by atoms with E-state index in [1.165, 1.54) is 0 Å². The topological polar surface area (TPSA) is 84.8 Å². The lowest BCUT2D eigenvalue weighted by molar-refractivity contribution is 0.174. The van der Waals surface area contributed by atoms with Crippen LogP contribution in [0, 0.1) is 0 Å². The maximum absolute atomic E-state index is 12.6. The summed E-state index contributed by atoms with van der Waals surface area (Å²) in [7, 11) is 5.73. The molecule has 0 amide bonds. The third kappa shape index (κ3) is 12.8. The fraction of sp³-hybridized carbons (Fsp3) is 0.514. The number of rotatable bonds is 12. The van der Waals surface area contributed by atoms with Gasteiger partial charge < -0.3 is 38.3 Å². The Morgan fingerprint density at radius 1 is 0.321 bits per heavy atom. The number of phenolic OH excluding ortho intramolecular Hbond substituents is 1. The predicted molar refractivity (Wildman–Crippen MR) is 359 cm³/mol. The van der Waals surface area contributed by atoms with E-state index in [0.29, 0.717) is 17.2 Å². The van der Waals surface area contributed by atoms with E-state index in [4.69, 9.17) is 33.2 Å². The van der Waals surface area contributed by atoms with Crippen molar-refractivity contribution in [3.05, 3.63) is 117 Å². The van der Waals surface area contributed by atoms with Gasteiger partial charge in [0.2, 0.25) is 6.79 Å². The predicted octanol–water partition coefficient (Wildman–Crippen LogP) is 16.7. The maximum Gasteiger partial charge on any atom is 0.231 e. The van der Waals surface area contributed by atoms with Gasteiger partial charge in [-0.2, -0.15) is 0 Å². The average Bonchev–Trinajstić information content (AvgIpc) is 1.08. The lowest BCUT2D eigenvalue weighted by Crippen LogP contribution is -2.31. The van der Waals surface area contributed by atoms with Crippen LogP contribution >= 0.6 is 15.8 Å². The van der Waals surface area contributed by atoms with Gasteiger partial charge in [-0.25, -0.2) is 0 Å². The van der Waals surface area contributed by atoms with Gasteiger partial charge in [0.25, 0.3) is 0 Å². The number of aromatic hydroxyl groups is 1. The molecule has 84 heavy (non-hydrogen) atoms. The molecule has 0 unspecified atom stereocenters. The summed E-state index contributed by atoms with van der Waals surface area (Å²) in [5.41, 5.74) is 7.99. The van der Waals surface area contributed by atoms with E-state index in [9.17, 15) is 5.11 Å². The molecule has 0 atom stereocenters. The molecule has 10 heteroatoms. The summed E-state index contributed by atoms with van der Waals surface area (Å²) in [6.45, 7) is 54.5. The second kappa shape index (κ2) is 23.0. The molecule has 0 saturated heterocycles. The van der Waals surface area contributed by atoms with Crippen LogP contribution in [0.5, 0.6) is 46.0 Å². The van der Waals surface area contributed by atoms with Gasteiger partial charge in [-0.15, -0.1) is 0 Å². The van der Waals surface area contributed by atoms with Gasteiger partial charge in [-0.05, 0) is 164 Å². The molecule has 456 valence electrons. The summed E-state index contributed by atoms with van der Waals surface area (Å²) in [4.78, 5) is 0. The van der Waals surface area contributed by atoms with Crippen molar-refractivity contribution in [1.29, 1.82) is 0 Å². The first-order valence-corrected chi connectivity index (χ1v) is 32.5. The zero-order valence-corrected chi connectivity index (χ0v) is 58.6. The standard InChI is InChI=1S/C74H102O8P2/c1-67(2,3)47-34-43(35-48(61(47)76-25)68(4,5)6)83(44-36-49(69(7,8)9)62(77-26)50(37-44)70(10,11)12)57-32-30-55(75)65(80-29)59(57)60-58(33-31-56-66(60)82-42-81-56)84(45-38-51(71(13,14)15)63(78-27)52(39-45)72(16,17)18)46-40-53(73(19,20)21)64(79-28)54(41-46)74(22,23)24/h30-41,75H,42H2,1-29H3. The van der Waals surface area contributed by atoms with E-state index < -0.39 is 15.8 Å². The first-order chi connectivity index (χ1) is 38.4. The molecule has 1 N–H and O–H groups in total. The van der Waals surface area contributed by atoms with E-state index in [-0.39, 0.29) is 55.9 Å². The molecule has 8 nitrogen and oxygen atoms in total. The molecule has 1 heterocycles. The Kier molecular flexibility index (Phi) is 18.1. The van der Waals surface area contributed by atoms with Crippen molar-refractivity contribution in [1.82, 2.24) is 0 Å². The van der Waals surface area contributed by atoms with E-state index in [2.05, 4.69) is 233 Å². The zero-order valence-electron chi connectivity index (χ0n) is 56.8. The van der Waals surface area contributed by atoms with Gasteiger partial charge in [-0.3, -0.25) is 0 Å². The lowest BCUT2D eigenvalue weighted by atomic mass is 9.79. The number of phenols is 1. The van der Waals surface area contributed by atoms with Gasteiger partial charge in [0.05, 0.1) is 35.5 Å². The molecule has 0 saturated carbocycles. The van der Waals surface area contributed by atoms with E-state index >= 15 is 0 Å². The van der Waals surface area contributed by atoms with Crippen LogP contribution < -0.4 is 65.0 Å². The number of benzene rings is 6. The zero-order chi connectivity index (χ0) is 63.2. The maximum atomic E-state index is 12.6. The molecule has 0 radical (unpaired) electrons. The Balaban J connectivity index is 1.84. The fourth-order valence-electron chi connectivity index (χ4n) is 11.7. The van der Waals surface area contributed by atoms with Crippen molar-refractivity contribution in [2.75, 3.05) is 42.3 Å². The minimum atomic E-state index is -1.58. The molecule has 0 fully saturated rings. The van der Waals surface area contributed by atoms with Crippen molar-refractivity contribution in [2.24, 2.45) is 0 Å². The first-order valence-electron chi connectivity index (χ1n) is 29.8. The van der Waals surface area contributed by atoms with Crippen LogP contribution in [-0.2, 0) is 43.3 Å². The van der Waals surface area contributed by atoms with Crippen molar-refractivity contribution >= 4 is 47.7 Å². The third-order valence-corrected chi connectivity index (χ3v) is 21.0. The fourth-order valence-corrected chi connectivity index (χ4v) is 16.8. The smallest absolute Gasteiger partial charge is 0.231 e. The quantitative estimate of drug-likeness (QED) is 0.121. The SMILES string of the molecule is COc1c(C(C)(C)C)cc(P(c2cc(C(C)(C)C)c(OC)c(C(C)(C)C)c2)c2ccc(O)c(OC)c2-c2c(P(c3cc(C(C)(C)C)c(OC)c(C(C)(C)C)c3)c3cc(C(C)(C)C)c(OC)c(C(C)(C)C)c3)ccc3c2OCO3)cc1C(C)(C)C. The molecule has 0 aliphatic carbocycles. The Morgan fingerprint density at radius 2 is 0.560 bits per heavy atom. The molecule has 1 aliphatic heterocycles. The van der Waals surface area contributed by atoms with Crippen molar-refractivity contribution in [2.45, 2.75) is 209 Å². The molecular formula is C74H102O8P2. The minimum absolute atomic E-state index is 0.0166. The Hall–Kier alpha value is -5.42. The highest BCUT2D eigenvalue weighted by Gasteiger charge is 2.40. The minimum Gasteiger partial charge on any atom is -0.504 e. The summed E-state index contributed by atoms with van der Waals surface area (Å²) >= 11 is 0. The Bertz CT molecular complexity index is 2950. The Morgan fingerprint density at radius 3 is 0.798 bits per heavy atom. The second-order valence-electron chi connectivity index (χ2n) is 31.2. The summed E-state index contributed by atoms with van der Waals surface area (Å²) in [6.07, 6.45) is 0. The highest BCUT2D eigenvalue weighted by Crippen LogP contribution is 2.56. The highest BCUT2D eigenvalue weighted by atomic mass is 31.1. The number of methoxy groups -OCH3 is 5. The summed E-state index contributed by atoms with van der Waals surface area (Å²) in [6, 6.07) is 27.5. The number of hydrogen-bond donors (Lipinski definition) is 1.